The molecule has 0 amide bonds. The smallest absolute Gasteiger partial charge is 0.0510 e. The first-order valence-corrected chi connectivity index (χ1v) is 7.55. The molecule has 3 nitrogen and oxygen atoms in total. The predicted molar refractivity (Wildman–Crippen MR) is 74.4 cm³/mol. The molecule has 0 aliphatic carbocycles. The Kier molecular flexibility index (Phi) is 3.89. The third-order valence-electron chi connectivity index (χ3n) is 3.97. The molecule has 0 bridgehead atoms. The first-order chi connectivity index (χ1) is 8.88. The van der Waals surface area contributed by atoms with E-state index in [0.717, 1.165) is 26.1 Å². The van der Waals surface area contributed by atoms with Crippen LogP contribution in [0.1, 0.15) is 18.4 Å². The van der Waals surface area contributed by atoms with Gasteiger partial charge in [0, 0.05) is 28.7 Å². The number of thioether (sulfide) groups is 1. The van der Waals surface area contributed by atoms with Crippen LogP contribution in [0.4, 0.5) is 0 Å². The van der Waals surface area contributed by atoms with Crippen molar-refractivity contribution in [3.05, 3.63) is 29.8 Å². The second-order valence-corrected chi connectivity index (χ2v) is 6.42. The molecular weight excluding hydrogens is 244 g/mol. The number of nitrogens with two attached hydrogens (primary N) is 1. The maximum atomic E-state index is 5.80. The average Bonchev–Trinajstić information content (AvgIpc) is 2.84. The van der Waals surface area contributed by atoms with Gasteiger partial charge >= 0.3 is 0 Å². The highest BCUT2D eigenvalue weighted by Gasteiger charge is 2.34. The Labute approximate surface area is 112 Å². The van der Waals surface area contributed by atoms with Gasteiger partial charge in [0.05, 0.1) is 6.61 Å². The highest BCUT2D eigenvalue weighted by atomic mass is 32.2. The maximum Gasteiger partial charge on any atom is 0.0510 e. The van der Waals surface area contributed by atoms with E-state index in [1.165, 1.54) is 16.9 Å². The SMILES string of the molecule is NNC(C1CCCOC1)C1Cc2ccccc2S1. The second-order valence-electron chi connectivity index (χ2n) is 5.14. The number of rotatable bonds is 3. The van der Waals surface area contributed by atoms with Crippen molar-refractivity contribution in [2.24, 2.45) is 11.8 Å². The molecule has 3 unspecified atom stereocenters. The van der Waals surface area contributed by atoms with Crippen molar-refractivity contribution in [1.82, 2.24) is 5.43 Å². The van der Waals surface area contributed by atoms with Gasteiger partial charge in [-0.15, -0.1) is 11.8 Å². The number of hydrogen-bond acceptors (Lipinski definition) is 4. The van der Waals surface area contributed by atoms with E-state index in [-0.39, 0.29) is 0 Å². The van der Waals surface area contributed by atoms with Gasteiger partial charge in [0.2, 0.25) is 0 Å². The van der Waals surface area contributed by atoms with Crippen LogP contribution in [0.2, 0.25) is 0 Å². The minimum absolute atomic E-state index is 0.350. The van der Waals surface area contributed by atoms with Crippen LogP contribution >= 0.6 is 11.8 Å². The second kappa shape index (κ2) is 5.61. The van der Waals surface area contributed by atoms with Crippen LogP contribution in [0, 0.1) is 5.92 Å². The fourth-order valence-corrected chi connectivity index (χ4v) is 4.50. The summed E-state index contributed by atoms with van der Waals surface area (Å²) in [7, 11) is 0. The largest absolute Gasteiger partial charge is 0.381 e. The Hall–Kier alpha value is -0.550. The van der Waals surface area contributed by atoms with E-state index in [1.807, 2.05) is 11.8 Å². The Bertz CT molecular complexity index is 382. The molecule has 2 aliphatic heterocycles. The molecule has 0 spiro atoms. The van der Waals surface area contributed by atoms with Gasteiger partial charge in [0.1, 0.15) is 0 Å². The van der Waals surface area contributed by atoms with Gasteiger partial charge in [-0.05, 0) is 30.9 Å². The molecule has 0 saturated carbocycles. The van der Waals surface area contributed by atoms with Crippen LogP contribution in [-0.2, 0) is 11.2 Å². The van der Waals surface area contributed by atoms with Gasteiger partial charge in [-0.25, -0.2) is 0 Å². The maximum absolute atomic E-state index is 5.80. The standard InChI is InChI=1S/C14H20N2OS/c15-16-14(11-5-3-7-17-9-11)13-8-10-4-1-2-6-12(10)18-13/h1-2,4,6,11,13-14,16H,3,5,7-9,15H2. The molecule has 2 aliphatic rings. The molecule has 1 fully saturated rings. The number of ether oxygens (including phenoxy) is 1. The Morgan fingerprint density at radius 2 is 2.28 bits per heavy atom. The van der Waals surface area contributed by atoms with Crippen molar-refractivity contribution in [1.29, 1.82) is 0 Å². The minimum Gasteiger partial charge on any atom is -0.381 e. The van der Waals surface area contributed by atoms with Crippen molar-refractivity contribution in [3.63, 3.8) is 0 Å². The Morgan fingerprint density at radius 1 is 1.39 bits per heavy atom. The van der Waals surface area contributed by atoms with Crippen LogP contribution in [0.15, 0.2) is 29.2 Å². The molecule has 1 aromatic rings. The molecule has 3 atom stereocenters. The van der Waals surface area contributed by atoms with Crippen LogP contribution in [0.5, 0.6) is 0 Å². The van der Waals surface area contributed by atoms with E-state index in [9.17, 15) is 0 Å². The van der Waals surface area contributed by atoms with Crippen LogP contribution < -0.4 is 11.3 Å². The van der Waals surface area contributed by atoms with Crippen molar-refractivity contribution in [2.75, 3.05) is 13.2 Å². The summed E-state index contributed by atoms with van der Waals surface area (Å²) in [4.78, 5) is 1.42. The lowest BCUT2D eigenvalue weighted by molar-refractivity contribution is 0.0390. The van der Waals surface area contributed by atoms with Crippen LogP contribution in [0.25, 0.3) is 0 Å². The van der Waals surface area contributed by atoms with Gasteiger partial charge in [0.25, 0.3) is 0 Å². The first-order valence-electron chi connectivity index (χ1n) is 6.67. The highest BCUT2D eigenvalue weighted by molar-refractivity contribution is 8.00. The number of benzene rings is 1. The fourth-order valence-electron chi connectivity index (χ4n) is 3.01. The van der Waals surface area contributed by atoms with Gasteiger partial charge in [-0.2, -0.15) is 0 Å². The summed E-state index contributed by atoms with van der Waals surface area (Å²) in [5, 5.41) is 0.541. The van der Waals surface area contributed by atoms with E-state index in [1.54, 1.807) is 0 Å². The van der Waals surface area contributed by atoms with Gasteiger partial charge in [-0.3, -0.25) is 11.3 Å². The molecule has 4 heteroatoms. The Morgan fingerprint density at radius 3 is 3.00 bits per heavy atom. The number of hydrogen-bond donors (Lipinski definition) is 2. The summed E-state index contributed by atoms with van der Waals surface area (Å²) in [5.74, 6) is 6.35. The summed E-state index contributed by atoms with van der Waals surface area (Å²) in [6, 6.07) is 9.03. The minimum atomic E-state index is 0.350. The lowest BCUT2D eigenvalue weighted by Gasteiger charge is -2.33. The third-order valence-corrected chi connectivity index (χ3v) is 5.38. The first kappa shape index (κ1) is 12.5. The lowest BCUT2D eigenvalue weighted by Crippen LogP contribution is -2.50. The summed E-state index contributed by atoms with van der Waals surface area (Å²) >= 11 is 1.96. The fraction of sp³-hybridized carbons (Fsp3) is 0.571. The van der Waals surface area contributed by atoms with Gasteiger partial charge < -0.3 is 4.74 Å². The van der Waals surface area contributed by atoms with Crippen molar-refractivity contribution >= 4 is 11.8 Å². The van der Waals surface area contributed by atoms with Crippen molar-refractivity contribution in [2.45, 2.75) is 35.4 Å². The zero-order chi connectivity index (χ0) is 12.4. The van der Waals surface area contributed by atoms with Crippen LogP contribution in [0.3, 0.4) is 0 Å². The summed E-state index contributed by atoms with van der Waals surface area (Å²) in [6.07, 6.45) is 3.50. The van der Waals surface area contributed by atoms with Crippen molar-refractivity contribution < 1.29 is 4.74 Å². The Balaban J connectivity index is 1.71. The normalized spacial score (nSPS) is 28.9. The van der Waals surface area contributed by atoms with Crippen molar-refractivity contribution in [3.8, 4) is 0 Å². The lowest BCUT2D eigenvalue weighted by atomic mass is 9.90. The number of fused-ring (bicyclic) bond motifs is 1. The zero-order valence-electron chi connectivity index (χ0n) is 10.5. The molecule has 18 heavy (non-hydrogen) atoms. The number of hydrazine groups is 1. The molecule has 1 saturated heterocycles. The predicted octanol–water partition coefficient (Wildman–Crippen LogP) is 1.96. The van der Waals surface area contributed by atoms with E-state index < -0.39 is 0 Å². The molecule has 3 rings (SSSR count). The molecule has 1 aromatic carbocycles. The van der Waals surface area contributed by atoms with E-state index in [0.29, 0.717) is 17.2 Å². The quantitative estimate of drug-likeness (QED) is 0.647. The highest BCUT2D eigenvalue weighted by Crippen LogP contribution is 2.40. The molecule has 0 aromatic heterocycles. The molecule has 0 radical (unpaired) electrons. The van der Waals surface area contributed by atoms with Gasteiger partial charge in [-0.1, -0.05) is 18.2 Å². The molecule has 2 heterocycles. The topological polar surface area (TPSA) is 47.3 Å². The number of nitrogens with one attached hydrogen (secondary N) is 1. The van der Waals surface area contributed by atoms with Crippen LogP contribution in [-0.4, -0.2) is 24.5 Å². The van der Waals surface area contributed by atoms with Gasteiger partial charge in [0.15, 0.2) is 0 Å². The molecule has 3 N–H and O–H groups in total. The van der Waals surface area contributed by atoms with E-state index in [4.69, 9.17) is 10.6 Å². The molecular formula is C14H20N2OS. The average molecular weight is 264 g/mol. The monoisotopic (exact) mass is 264 g/mol. The third kappa shape index (κ3) is 2.43. The molecule has 98 valence electrons. The summed E-state index contributed by atoms with van der Waals surface area (Å²) < 4.78 is 5.60. The van der Waals surface area contributed by atoms with E-state index >= 15 is 0 Å². The summed E-state index contributed by atoms with van der Waals surface area (Å²) in [6.45, 7) is 1.76. The zero-order valence-corrected chi connectivity index (χ0v) is 11.3. The summed E-state index contributed by atoms with van der Waals surface area (Å²) in [5.41, 5.74) is 4.51. The van der Waals surface area contributed by atoms with E-state index in [2.05, 4.69) is 29.7 Å².